The van der Waals surface area contributed by atoms with Gasteiger partial charge in [0.1, 0.15) is 10.2 Å². The summed E-state index contributed by atoms with van der Waals surface area (Å²) in [7, 11) is 1.36. The van der Waals surface area contributed by atoms with Gasteiger partial charge in [-0.05, 0) is 12.8 Å². The van der Waals surface area contributed by atoms with Crippen molar-refractivity contribution in [3.8, 4) is 0 Å². The molecule has 0 spiro atoms. The highest BCUT2D eigenvalue weighted by molar-refractivity contribution is 14.1. The molecule has 0 bridgehead atoms. The van der Waals surface area contributed by atoms with Gasteiger partial charge in [0.05, 0.1) is 7.11 Å². The van der Waals surface area contributed by atoms with Crippen LogP contribution >= 0.6 is 22.6 Å². The monoisotopic (exact) mass is 284 g/mol. The van der Waals surface area contributed by atoms with Crippen LogP contribution in [0.4, 0.5) is 0 Å². The van der Waals surface area contributed by atoms with Crippen LogP contribution in [-0.2, 0) is 14.3 Å². The summed E-state index contributed by atoms with van der Waals surface area (Å²) in [6, 6.07) is 0. The number of halogens is 1. The number of carbonyl (C=O) groups is 2. The molecule has 0 aromatic heterocycles. The molecule has 0 N–H and O–H groups in total. The summed E-state index contributed by atoms with van der Waals surface area (Å²) in [5, 5.41) is 0. The first-order valence-corrected chi connectivity index (χ1v) is 5.07. The van der Waals surface area contributed by atoms with E-state index in [1.807, 2.05) is 29.5 Å². The van der Waals surface area contributed by atoms with Gasteiger partial charge in [0, 0.05) is 5.92 Å². The summed E-state index contributed by atoms with van der Waals surface area (Å²) < 4.78 is 4.33. The van der Waals surface area contributed by atoms with Gasteiger partial charge in [-0.2, -0.15) is 0 Å². The fraction of sp³-hybridized carbons (Fsp3) is 0.750. The van der Waals surface area contributed by atoms with E-state index in [1.165, 1.54) is 7.11 Å². The standard InChI is InChI=1S/C8H13IO3/c1-3-6(5-10)4-7(9)8(11)12-2/h5-7H,3-4H2,1-2H3. The van der Waals surface area contributed by atoms with Gasteiger partial charge >= 0.3 is 5.97 Å². The van der Waals surface area contributed by atoms with Crippen LogP contribution in [0, 0.1) is 5.92 Å². The van der Waals surface area contributed by atoms with Gasteiger partial charge in [-0.15, -0.1) is 0 Å². The second-order valence-electron chi connectivity index (χ2n) is 2.53. The van der Waals surface area contributed by atoms with Crippen molar-refractivity contribution in [2.45, 2.75) is 23.7 Å². The van der Waals surface area contributed by atoms with Gasteiger partial charge in [0.25, 0.3) is 0 Å². The highest BCUT2D eigenvalue weighted by Crippen LogP contribution is 2.16. The van der Waals surface area contributed by atoms with E-state index in [0.29, 0.717) is 6.42 Å². The lowest BCUT2D eigenvalue weighted by Crippen LogP contribution is -2.19. The molecule has 2 unspecified atom stereocenters. The van der Waals surface area contributed by atoms with Crippen molar-refractivity contribution in [1.29, 1.82) is 0 Å². The first kappa shape index (κ1) is 11.9. The first-order valence-electron chi connectivity index (χ1n) is 3.82. The predicted octanol–water partition coefficient (Wildman–Crippen LogP) is 1.58. The molecule has 3 nitrogen and oxygen atoms in total. The first-order chi connectivity index (χ1) is 5.65. The second-order valence-corrected chi connectivity index (χ2v) is 4.03. The van der Waals surface area contributed by atoms with Gasteiger partial charge < -0.3 is 9.53 Å². The molecular weight excluding hydrogens is 271 g/mol. The Morgan fingerprint density at radius 2 is 2.25 bits per heavy atom. The molecule has 70 valence electrons. The number of rotatable bonds is 5. The smallest absolute Gasteiger partial charge is 0.318 e. The number of methoxy groups -OCH3 is 1. The number of hydrogen-bond donors (Lipinski definition) is 0. The number of ether oxygens (including phenoxy) is 1. The Balaban J connectivity index is 3.88. The maximum absolute atomic E-state index is 10.9. The minimum Gasteiger partial charge on any atom is -0.468 e. The van der Waals surface area contributed by atoms with Crippen LogP contribution in [0.15, 0.2) is 0 Å². The molecule has 0 heterocycles. The quantitative estimate of drug-likeness (QED) is 0.333. The normalized spacial score (nSPS) is 14.9. The fourth-order valence-electron chi connectivity index (χ4n) is 0.808. The Kier molecular flexibility index (Phi) is 6.32. The van der Waals surface area contributed by atoms with Crippen LogP contribution in [-0.4, -0.2) is 23.3 Å². The maximum atomic E-state index is 10.9. The molecule has 0 aliphatic heterocycles. The van der Waals surface area contributed by atoms with Crippen LogP contribution in [0.5, 0.6) is 0 Å². The van der Waals surface area contributed by atoms with E-state index in [2.05, 4.69) is 4.74 Å². The molecule has 0 aromatic carbocycles. The predicted molar refractivity (Wildman–Crippen MR) is 54.3 cm³/mol. The Bertz CT molecular complexity index is 158. The van der Waals surface area contributed by atoms with E-state index in [1.54, 1.807) is 0 Å². The lowest BCUT2D eigenvalue weighted by molar-refractivity contribution is -0.139. The van der Waals surface area contributed by atoms with Gasteiger partial charge in [0.15, 0.2) is 0 Å². The Labute approximate surface area is 86.0 Å². The van der Waals surface area contributed by atoms with E-state index >= 15 is 0 Å². The van der Waals surface area contributed by atoms with Crippen molar-refractivity contribution in [3.63, 3.8) is 0 Å². The molecule has 0 rings (SSSR count). The Hall–Kier alpha value is -0.130. The van der Waals surface area contributed by atoms with Crippen molar-refractivity contribution in [2.75, 3.05) is 7.11 Å². The molecule has 0 aromatic rings. The highest BCUT2D eigenvalue weighted by Gasteiger charge is 2.19. The van der Waals surface area contributed by atoms with Crippen molar-refractivity contribution in [2.24, 2.45) is 5.92 Å². The molecule has 0 aliphatic carbocycles. The molecule has 4 heteroatoms. The summed E-state index contributed by atoms with van der Waals surface area (Å²) in [6.45, 7) is 1.93. The summed E-state index contributed by atoms with van der Waals surface area (Å²) in [5.41, 5.74) is 0. The molecular formula is C8H13IO3. The molecule has 0 aliphatic rings. The summed E-state index contributed by atoms with van der Waals surface area (Å²) in [5.74, 6) is -0.276. The molecule has 0 amide bonds. The third-order valence-corrected chi connectivity index (χ3v) is 2.70. The molecule has 2 atom stereocenters. The summed E-state index contributed by atoms with van der Waals surface area (Å²) in [6.07, 6.45) is 2.25. The Morgan fingerprint density at radius 3 is 2.58 bits per heavy atom. The van der Waals surface area contributed by atoms with Crippen molar-refractivity contribution in [3.05, 3.63) is 0 Å². The molecule has 0 fully saturated rings. The molecule has 0 radical (unpaired) electrons. The van der Waals surface area contributed by atoms with Crippen molar-refractivity contribution < 1.29 is 14.3 Å². The average Bonchev–Trinajstić information content (AvgIpc) is 2.12. The van der Waals surface area contributed by atoms with E-state index in [4.69, 9.17) is 0 Å². The van der Waals surface area contributed by atoms with E-state index < -0.39 is 0 Å². The fourth-order valence-corrected chi connectivity index (χ4v) is 1.72. The summed E-state index contributed by atoms with van der Waals surface area (Å²) in [4.78, 5) is 21.4. The largest absolute Gasteiger partial charge is 0.468 e. The number of carbonyl (C=O) groups excluding carboxylic acids is 2. The van der Waals surface area contributed by atoms with Crippen LogP contribution < -0.4 is 0 Å². The van der Waals surface area contributed by atoms with Gasteiger partial charge in [-0.3, -0.25) is 4.79 Å². The third-order valence-electron chi connectivity index (χ3n) is 1.68. The zero-order chi connectivity index (χ0) is 9.56. The summed E-state index contributed by atoms with van der Waals surface area (Å²) >= 11 is 2.00. The number of esters is 1. The lowest BCUT2D eigenvalue weighted by Gasteiger charge is -2.10. The van der Waals surface area contributed by atoms with Crippen LogP contribution in [0.1, 0.15) is 19.8 Å². The number of hydrogen-bond acceptors (Lipinski definition) is 3. The van der Waals surface area contributed by atoms with Gasteiger partial charge in [-0.25, -0.2) is 0 Å². The number of aldehydes is 1. The van der Waals surface area contributed by atoms with E-state index in [9.17, 15) is 9.59 Å². The van der Waals surface area contributed by atoms with E-state index in [0.717, 1.165) is 12.7 Å². The van der Waals surface area contributed by atoms with Crippen LogP contribution in [0.25, 0.3) is 0 Å². The Morgan fingerprint density at radius 1 is 1.67 bits per heavy atom. The average molecular weight is 284 g/mol. The zero-order valence-electron chi connectivity index (χ0n) is 7.25. The topological polar surface area (TPSA) is 43.4 Å². The molecule has 0 saturated heterocycles. The third kappa shape index (κ3) is 4.04. The van der Waals surface area contributed by atoms with Crippen molar-refractivity contribution in [1.82, 2.24) is 0 Å². The minimum absolute atomic E-state index is 0.0222. The van der Waals surface area contributed by atoms with Crippen LogP contribution in [0.3, 0.4) is 0 Å². The van der Waals surface area contributed by atoms with Crippen LogP contribution in [0.2, 0.25) is 0 Å². The maximum Gasteiger partial charge on any atom is 0.318 e. The molecule has 0 saturated carbocycles. The van der Waals surface area contributed by atoms with Gasteiger partial charge in [-0.1, -0.05) is 29.5 Å². The highest BCUT2D eigenvalue weighted by atomic mass is 127. The zero-order valence-corrected chi connectivity index (χ0v) is 9.41. The SMILES string of the molecule is CCC(C=O)CC(I)C(=O)OC. The van der Waals surface area contributed by atoms with E-state index in [-0.39, 0.29) is 15.8 Å². The minimum atomic E-state index is -0.254. The number of alkyl halides is 1. The second kappa shape index (κ2) is 6.39. The van der Waals surface area contributed by atoms with Crippen molar-refractivity contribution >= 4 is 34.8 Å². The molecule has 12 heavy (non-hydrogen) atoms. The lowest BCUT2D eigenvalue weighted by atomic mass is 10.0. The van der Waals surface area contributed by atoms with Gasteiger partial charge in [0.2, 0.25) is 0 Å².